The van der Waals surface area contributed by atoms with Crippen molar-refractivity contribution in [2.24, 2.45) is 0 Å². The maximum Gasteiger partial charge on any atom is 0.251 e. The lowest BCUT2D eigenvalue weighted by Gasteiger charge is -2.17. The first-order valence-electron chi connectivity index (χ1n) is 10.8. The first-order valence-corrected chi connectivity index (χ1v) is 12.2. The van der Waals surface area contributed by atoms with Gasteiger partial charge in [0.1, 0.15) is 12.7 Å². The Hall–Kier alpha value is -3.82. The number of carbonyl (C=O) groups is 1. The lowest BCUT2D eigenvalue weighted by atomic mass is 10.1. The number of nitrogens with one attached hydrogen (secondary N) is 2. The van der Waals surface area contributed by atoms with Crippen molar-refractivity contribution in [3.05, 3.63) is 108 Å². The standard InChI is InChI=1S/C25H25N5O3S/c1-18(21-11-13-23(14-12-21)30-17-26-16-27-30)28-25(31)22-9-6-10-24(15-22)34(32,33)29-19(2)20-7-4-3-5-8-20/h3-19,29H,1-2H3,(H,28,31)/t18-,19-/m0/s1. The summed E-state index contributed by atoms with van der Waals surface area (Å²) in [5.74, 6) is -0.360. The van der Waals surface area contributed by atoms with Crippen molar-refractivity contribution < 1.29 is 13.2 Å². The molecule has 4 aromatic rings. The Labute approximate surface area is 198 Å². The number of sulfonamides is 1. The fraction of sp³-hybridized carbons (Fsp3) is 0.160. The van der Waals surface area contributed by atoms with E-state index in [1.54, 1.807) is 30.1 Å². The van der Waals surface area contributed by atoms with Gasteiger partial charge in [0.25, 0.3) is 5.91 Å². The monoisotopic (exact) mass is 475 g/mol. The third kappa shape index (κ3) is 5.38. The third-order valence-electron chi connectivity index (χ3n) is 5.46. The van der Waals surface area contributed by atoms with Crippen LogP contribution in [0.25, 0.3) is 5.69 Å². The number of amides is 1. The van der Waals surface area contributed by atoms with E-state index in [0.717, 1.165) is 16.8 Å². The Morgan fingerprint density at radius 2 is 1.59 bits per heavy atom. The van der Waals surface area contributed by atoms with Gasteiger partial charge in [-0.25, -0.2) is 22.8 Å². The molecule has 4 rings (SSSR count). The zero-order valence-corrected chi connectivity index (χ0v) is 19.6. The number of benzene rings is 3. The largest absolute Gasteiger partial charge is 0.346 e. The quantitative estimate of drug-likeness (QED) is 0.403. The predicted molar refractivity (Wildman–Crippen MR) is 129 cm³/mol. The highest BCUT2D eigenvalue weighted by Gasteiger charge is 2.20. The van der Waals surface area contributed by atoms with Gasteiger partial charge in [0.05, 0.1) is 16.6 Å². The summed E-state index contributed by atoms with van der Waals surface area (Å²) in [6, 6.07) is 22.2. The molecule has 2 atom stereocenters. The van der Waals surface area contributed by atoms with E-state index in [1.807, 2.05) is 61.5 Å². The second kappa shape index (κ2) is 9.98. The van der Waals surface area contributed by atoms with E-state index in [9.17, 15) is 13.2 Å². The van der Waals surface area contributed by atoms with Gasteiger partial charge in [-0.15, -0.1) is 0 Å². The first kappa shape index (κ1) is 23.3. The van der Waals surface area contributed by atoms with E-state index in [0.29, 0.717) is 0 Å². The molecule has 0 radical (unpaired) electrons. The Balaban J connectivity index is 1.45. The Kier molecular flexibility index (Phi) is 6.85. The molecule has 8 nitrogen and oxygen atoms in total. The molecule has 0 aliphatic heterocycles. The minimum Gasteiger partial charge on any atom is -0.346 e. The van der Waals surface area contributed by atoms with E-state index in [2.05, 4.69) is 20.1 Å². The highest BCUT2D eigenvalue weighted by molar-refractivity contribution is 7.89. The van der Waals surface area contributed by atoms with E-state index < -0.39 is 16.1 Å². The number of hydrogen-bond acceptors (Lipinski definition) is 5. The van der Waals surface area contributed by atoms with Gasteiger partial charge in [0.15, 0.2) is 0 Å². The average Bonchev–Trinajstić information content (AvgIpc) is 3.39. The molecule has 174 valence electrons. The van der Waals surface area contributed by atoms with Crippen LogP contribution in [0.2, 0.25) is 0 Å². The zero-order valence-electron chi connectivity index (χ0n) is 18.8. The molecule has 0 saturated heterocycles. The van der Waals surface area contributed by atoms with Crippen LogP contribution in [0.4, 0.5) is 0 Å². The van der Waals surface area contributed by atoms with E-state index in [-0.39, 0.29) is 22.4 Å². The van der Waals surface area contributed by atoms with Crippen LogP contribution >= 0.6 is 0 Å². The zero-order chi connectivity index (χ0) is 24.1. The maximum atomic E-state index is 12.9. The molecule has 3 aromatic carbocycles. The second-order valence-corrected chi connectivity index (χ2v) is 9.62. The number of carbonyl (C=O) groups excluding carboxylic acids is 1. The van der Waals surface area contributed by atoms with Crippen molar-refractivity contribution in [1.82, 2.24) is 24.8 Å². The van der Waals surface area contributed by atoms with Crippen molar-refractivity contribution in [2.45, 2.75) is 30.8 Å². The Morgan fingerprint density at radius 3 is 2.26 bits per heavy atom. The molecule has 0 aliphatic rings. The molecule has 0 unspecified atom stereocenters. The summed E-state index contributed by atoms with van der Waals surface area (Å²) in [7, 11) is -3.81. The van der Waals surface area contributed by atoms with Gasteiger partial charge in [0, 0.05) is 11.6 Å². The van der Waals surface area contributed by atoms with Crippen LogP contribution in [-0.2, 0) is 10.0 Å². The summed E-state index contributed by atoms with van der Waals surface area (Å²) < 4.78 is 30.1. The van der Waals surface area contributed by atoms with Gasteiger partial charge in [-0.05, 0) is 55.3 Å². The molecule has 1 aromatic heterocycles. The number of rotatable bonds is 8. The predicted octanol–water partition coefficient (Wildman–Crippen LogP) is 3.80. The lowest BCUT2D eigenvalue weighted by Crippen LogP contribution is -2.28. The van der Waals surface area contributed by atoms with Crippen LogP contribution in [0, 0.1) is 0 Å². The Morgan fingerprint density at radius 1 is 0.882 bits per heavy atom. The van der Waals surface area contributed by atoms with E-state index >= 15 is 0 Å². The molecular weight excluding hydrogens is 450 g/mol. The molecule has 0 bridgehead atoms. The minimum atomic E-state index is -3.81. The van der Waals surface area contributed by atoms with Gasteiger partial charge in [0.2, 0.25) is 10.0 Å². The summed E-state index contributed by atoms with van der Waals surface area (Å²) in [6.07, 6.45) is 3.07. The number of hydrogen-bond donors (Lipinski definition) is 2. The highest BCUT2D eigenvalue weighted by atomic mass is 32.2. The molecule has 9 heteroatoms. The smallest absolute Gasteiger partial charge is 0.251 e. The normalized spacial score (nSPS) is 13.2. The van der Waals surface area contributed by atoms with E-state index in [1.165, 1.54) is 18.5 Å². The molecule has 1 amide bonds. The lowest BCUT2D eigenvalue weighted by molar-refractivity contribution is 0.0939. The molecule has 34 heavy (non-hydrogen) atoms. The average molecular weight is 476 g/mol. The summed E-state index contributed by atoms with van der Waals surface area (Å²) in [5.41, 5.74) is 2.87. The minimum absolute atomic E-state index is 0.0350. The van der Waals surface area contributed by atoms with Crippen LogP contribution in [0.3, 0.4) is 0 Å². The third-order valence-corrected chi connectivity index (χ3v) is 7.00. The van der Waals surface area contributed by atoms with Crippen LogP contribution in [0.1, 0.15) is 47.4 Å². The summed E-state index contributed by atoms with van der Waals surface area (Å²) in [4.78, 5) is 16.8. The fourth-order valence-corrected chi connectivity index (χ4v) is 4.81. The van der Waals surface area contributed by atoms with Crippen molar-refractivity contribution in [3.63, 3.8) is 0 Å². The Bertz CT molecular complexity index is 1360. The van der Waals surface area contributed by atoms with Gasteiger partial charge in [-0.1, -0.05) is 48.5 Å². The van der Waals surface area contributed by atoms with Crippen molar-refractivity contribution in [1.29, 1.82) is 0 Å². The molecule has 0 saturated carbocycles. The molecule has 0 spiro atoms. The maximum absolute atomic E-state index is 12.9. The molecule has 2 N–H and O–H groups in total. The van der Waals surface area contributed by atoms with E-state index in [4.69, 9.17) is 0 Å². The molecule has 1 heterocycles. The summed E-state index contributed by atoms with van der Waals surface area (Å²) in [5, 5.41) is 7.02. The van der Waals surface area contributed by atoms with Crippen molar-refractivity contribution >= 4 is 15.9 Å². The second-order valence-electron chi connectivity index (χ2n) is 7.91. The fourth-order valence-electron chi connectivity index (χ4n) is 3.54. The van der Waals surface area contributed by atoms with Gasteiger partial charge in [-0.3, -0.25) is 4.79 Å². The van der Waals surface area contributed by atoms with Crippen LogP contribution in [0.15, 0.2) is 96.4 Å². The van der Waals surface area contributed by atoms with Crippen molar-refractivity contribution in [2.75, 3.05) is 0 Å². The van der Waals surface area contributed by atoms with Gasteiger partial charge >= 0.3 is 0 Å². The summed E-state index contributed by atoms with van der Waals surface area (Å²) >= 11 is 0. The van der Waals surface area contributed by atoms with Crippen LogP contribution < -0.4 is 10.0 Å². The van der Waals surface area contributed by atoms with Crippen LogP contribution in [-0.4, -0.2) is 29.1 Å². The highest BCUT2D eigenvalue weighted by Crippen LogP contribution is 2.19. The van der Waals surface area contributed by atoms with Gasteiger partial charge in [-0.2, -0.15) is 5.10 Å². The first-order chi connectivity index (χ1) is 16.3. The summed E-state index contributed by atoms with van der Waals surface area (Å²) in [6.45, 7) is 3.64. The van der Waals surface area contributed by atoms with Crippen molar-refractivity contribution in [3.8, 4) is 5.69 Å². The number of aromatic nitrogens is 3. The molecular formula is C25H25N5O3S. The van der Waals surface area contributed by atoms with Crippen LogP contribution in [0.5, 0.6) is 0 Å². The molecule has 0 aliphatic carbocycles. The SMILES string of the molecule is C[C@H](NC(=O)c1cccc(S(=O)(=O)N[C@@H](C)c2ccccc2)c1)c1ccc(-n2cncn2)cc1. The van der Waals surface area contributed by atoms with Gasteiger partial charge < -0.3 is 5.32 Å². The molecule has 0 fully saturated rings. The topological polar surface area (TPSA) is 106 Å². The number of nitrogens with zero attached hydrogens (tertiary/aromatic N) is 3.